The Kier molecular flexibility index (Phi) is 4.70. The summed E-state index contributed by atoms with van der Waals surface area (Å²) >= 11 is 0. The third kappa shape index (κ3) is 2.93. The third-order valence-electron chi connectivity index (χ3n) is 3.08. The molecule has 16 heavy (non-hydrogen) atoms. The molecular weight excluding hydrogens is 212 g/mol. The molecule has 2 unspecified atom stereocenters. The maximum Gasteiger partial charge on any atom is 0.305 e. The van der Waals surface area contributed by atoms with E-state index in [2.05, 4.69) is 0 Å². The van der Waals surface area contributed by atoms with E-state index in [-0.39, 0.29) is 6.42 Å². The molecule has 0 aromatic heterocycles. The highest BCUT2D eigenvalue weighted by Crippen LogP contribution is 2.35. The standard InChI is InChI=1S/C11H20O5/c1-2-9(14)16-10(8(13)7-12)11(15)5-3-4-6-11/h8,10,12-13,15H,2-7H2,1H3. The molecule has 1 rings (SSSR count). The molecule has 0 aliphatic heterocycles. The van der Waals surface area contributed by atoms with Crippen LogP contribution in [0.5, 0.6) is 0 Å². The van der Waals surface area contributed by atoms with E-state index in [9.17, 15) is 15.0 Å². The van der Waals surface area contributed by atoms with Crippen molar-refractivity contribution in [3.63, 3.8) is 0 Å². The van der Waals surface area contributed by atoms with Crippen LogP contribution >= 0.6 is 0 Å². The summed E-state index contributed by atoms with van der Waals surface area (Å²) in [6.45, 7) is 1.12. The molecule has 3 N–H and O–H groups in total. The van der Waals surface area contributed by atoms with Crippen molar-refractivity contribution in [2.75, 3.05) is 6.61 Å². The molecule has 0 radical (unpaired) electrons. The first-order chi connectivity index (χ1) is 7.53. The molecule has 0 amide bonds. The van der Waals surface area contributed by atoms with Crippen LogP contribution in [0.4, 0.5) is 0 Å². The van der Waals surface area contributed by atoms with Gasteiger partial charge in [0.1, 0.15) is 11.7 Å². The van der Waals surface area contributed by atoms with E-state index in [1.165, 1.54) is 0 Å². The summed E-state index contributed by atoms with van der Waals surface area (Å²) in [4.78, 5) is 11.2. The van der Waals surface area contributed by atoms with Gasteiger partial charge in [0.2, 0.25) is 0 Å². The fraction of sp³-hybridized carbons (Fsp3) is 0.909. The first-order valence-corrected chi connectivity index (χ1v) is 5.74. The highest BCUT2D eigenvalue weighted by Gasteiger charge is 2.45. The molecule has 0 saturated heterocycles. The molecule has 5 nitrogen and oxygen atoms in total. The van der Waals surface area contributed by atoms with Crippen LogP contribution in [0.3, 0.4) is 0 Å². The van der Waals surface area contributed by atoms with Crippen LogP contribution in [-0.2, 0) is 9.53 Å². The second kappa shape index (κ2) is 5.61. The summed E-state index contributed by atoms with van der Waals surface area (Å²) in [6.07, 6.45) is 0.609. The lowest BCUT2D eigenvalue weighted by atomic mass is 9.91. The van der Waals surface area contributed by atoms with E-state index in [1.54, 1.807) is 6.92 Å². The van der Waals surface area contributed by atoms with Gasteiger partial charge < -0.3 is 20.1 Å². The molecule has 0 heterocycles. The number of ether oxygens (including phenoxy) is 1. The van der Waals surface area contributed by atoms with Crippen LogP contribution in [0, 0.1) is 0 Å². The van der Waals surface area contributed by atoms with Crippen LogP contribution in [0.1, 0.15) is 39.0 Å². The largest absolute Gasteiger partial charge is 0.456 e. The Morgan fingerprint density at radius 1 is 1.44 bits per heavy atom. The van der Waals surface area contributed by atoms with Gasteiger partial charge in [-0.15, -0.1) is 0 Å². The summed E-state index contributed by atoms with van der Waals surface area (Å²) in [6, 6.07) is 0. The molecule has 1 aliphatic carbocycles. The summed E-state index contributed by atoms with van der Waals surface area (Å²) in [5, 5.41) is 28.8. The van der Waals surface area contributed by atoms with Crippen LogP contribution in [0.2, 0.25) is 0 Å². The quantitative estimate of drug-likeness (QED) is 0.579. The summed E-state index contributed by atoms with van der Waals surface area (Å²) in [5.41, 5.74) is -1.19. The first kappa shape index (κ1) is 13.4. The van der Waals surface area contributed by atoms with Gasteiger partial charge in [0, 0.05) is 6.42 Å². The molecule has 0 aromatic carbocycles. The van der Waals surface area contributed by atoms with Crippen LogP contribution in [0.25, 0.3) is 0 Å². The number of aliphatic hydroxyl groups is 3. The van der Waals surface area contributed by atoms with Crippen LogP contribution in [-0.4, -0.2) is 45.7 Å². The van der Waals surface area contributed by atoms with Gasteiger partial charge in [-0.3, -0.25) is 4.79 Å². The molecule has 0 aromatic rings. The van der Waals surface area contributed by atoms with E-state index in [0.717, 1.165) is 12.8 Å². The number of carbonyl (C=O) groups is 1. The second-order valence-corrected chi connectivity index (χ2v) is 4.32. The Balaban J connectivity index is 2.73. The fourth-order valence-corrected chi connectivity index (χ4v) is 2.14. The zero-order valence-electron chi connectivity index (χ0n) is 9.56. The molecule has 94 valence electrons. The molecule has 0 spiro atoms. The van der Waals surface area contributed by atoms with Gasteiger partial charge in [-0.2, -0.15) is 0 Å². The number of aliphatic hydroxyl groups excluding tert-OH is 2. The monoisotopic (exact) mass is 232 g/mol. The smallest absolute Gasteiger partial charge is 0.305 e. The lowest BCUT2D eigenvalue weighted by Gasteiger charge is -2.34. The van der Waals surface area contributed by atoms with Crippen LogP contribution in [0.15, 0.2) is 0 Å². The number of hydrogen-bond donors (Lipinski definition) is 3. The third-order valence-corrected chi connectivity index (χ3v) is 3.08. The Bertz CT molecular complexity index is 235. The van der Waals surface area contributed by atoms with Gasteiger partial charge >= 0.3 is 5.97 Å². The molecule has 2 atom stereocenters. The molecule has 0 bridgehead atoms. The maximum absolute atomic E-state index is 11.2. The van der Waals surface area contributed by atoms with Crippen molar-refractivity contribution in [1.82, 2.24) is 0 Å². The Morgan fingerprint density at radius 3 is 2.44 bits per heavy atom. The lowest BCUT2D eigenvalue weighted by Crippen LogP contribution is -2.51. The predicted molar refractivity (Wildman–Crippen MR) is 56.7 cm³/mol. The summed E-state index contributed by atoms with van der Waals surface area (Å²) in [7, 11) is 0. The minimum atomic E-state index is -1.22. The number of esters is 1. The van der Waals surface area contributed by atoms with Crippen molar-refractivity contribution in [2.45, 2.75) is 56.8 Å². The SMILES string of the molecule is CCC(=O)OC(C(O)CO)C1(O)CCCC1. The van der Waals surface area contributed by atoms with Gasteiger partial charge in [-0.25, -0.2) is 0 Å². The average molecular weight is 232 g/mol. The molecule has 1 aliphatic rings. The Morgan fingerprint density at radius 2 is 2.00 bits per heavy atom. The van der Waals surface area contributed by atoms with Crippen molar-refractivity contribution in [1.29, 1.82) is 0 Å². The fourth-order valence-electron chi connectivity index (χ4n) is 2.14. The average Bonchev–Trinajstić information content (AvgIpc) is 2.72. The zero-order valence-corrected chi connectivity index (χ0v) is 9.56. The molecular formula is C11H20O5. The summed E-state index contributed by atoms with van der Waals surface area (Å²) < 4.78 is 5.04. The van der Waals surface area contributed by atoms with E-state index < -0.39 is 30.4 Å². The number of carbonyl (C=O) groups excluding carboxylic acids is 1. The van der Waals surface area contributed by atoms with Gasteiger partial charge in [0.25, 0.3) is 0 Å². The van der Waals surface area contributed by atoms with Crippen molar-refractivity contribution >= 4 is 5.97 Å². The first-order valence-electron chi connectivity index (χ1n) is 5.74. The molecule has 1 fully saturated rings. The van der Waals surface area contributed by atoms with Crippen molar-refractivity contribution in [3.05, 3.63) is 0 Å². The Labute approximate surface area is 95.0 Å². The normalized spacial score (nSPS) is 22.8. The minimum absolute atomic E-state index is 0.185. The summed E-state index contributed by atoms with van der Waals surface area (Å²) in [5.74, 6) is -0.474. The van der Waals surface area contributed by atoms with Gasteiger partial charge in [0.05, 0.1) is 6.61 Å². The zero-order chi connectivity index (χ0) is 12.2. The van der Waals surface area contributed by atoms with Crippen molar-refractivity contribution in [2.24, 2.45) is 0 Å². The predicted octanol–water partition coefficient (Wildman–Crippen LogP) is -0.0335. The van der Waals surface area contributed by atoms with E-state index in [0.29, 0.717) is 12.8 Å². The molecule has 1 saturated carbocycles. The maximum atomic E-state index is 11.2. The highest BCUT2D eigenvalue weighted by atomic mass is 16.6. The van der Waals surface area contributed by atoms with Crippen molar-refractivity contribution in [3.8, 4) is 0 Å². The highest BCUT2D eigenvalue weighted by molar-refractivity contribution is 5.69. The number of hydrogen-bond acceptors (Lipinski definition) is 5. The van der Waals surface area contributed by atoms with Gasteiger partial charge in [-0.1, -0.05) is 19.8 Å². The second-order valence-electron chi connectivity index (χ2n) is 4.32. The van der Waals surface area contributed by atoms with Gasteiger partial charge in [-0.05, 0) is 12.8 Å². The lowest BCUT2D eigenvalue weighted by molar-refractivity contribution is -0.183. The topological polar surface area (TPSA) is 87.0 Å². The van der Waals surface area contributed by atoms with E-state index in [1.807, 2.05) is 0 Å². The minimum Gasteiger partial charge on any atom is -0.456 e. The van der Waals surface area contributed by atoms with Gasteiger partial charge in [0.15, 0.2) is 6.10 Å². The van der Waals surface area contributed by atoms with E-state index >= 15 is 0 Å². The van der Waals surface area contributed by atoms with E-state index in [4.69, 9.17) is 9.84 Å². The molecule has 5 heteroatoms. The Hall–Kier alpha value is -0.650. The van der Waals surface area contributed by atoms with Crippen LogP contribution < -0.4 is 0 Å². The van der Waals surface area contributed by atoms with Crippen molar-refractivity contribution < 1.29 is 24.9 Å². The number of rotatable bonds is 5.